The lowest BCUT2D eigenvalue weighted by Crippen LogP contribution is -2.41. The molecule has 4 rings (SSSR count). The SMILES string of the molecule is COc1ccccc1C(=O)CC1(O)C(=O)N(Cc2ccccc2C)c2ccccc21. The van der Waals surface area contributed by atoms with Crippen LogP contribution in [-0.4, -0.2) is 23.9 Å². The zero-order valence-electron chi connectivity index (χ0n) is 17.0. The van der Waals surface area contributed by atoms with Crippen molar-refractivity contribution in [3.63, 3.8) is 0 Å². The van der Waals surface area contributed by atoms with Gasteiger partial charge in [-0.15, -0.1) is 0 Å². The molecule has 0 aromatic heterocycles. The quantitative estimate of drug-likeness (QED) is 0.634. The molecule has 30 heavy (non-hydrogen) atoms. The minimum Gasteiger partial charge on any atom is -0.496 e. The lowest BCUT2D eigenvalue weighted by molar-refractivity contribution is -0.136. The van der Waals surface area contributed by atoms with Crippen LogP contribution in [0.3, 0.4) is 0 Å². The van der Waals surface area contributed by atoms with Crippen molar-refractivity contribution < 1.29 is 19.4 Å². The van der Waals surface area contributed by atoms with E-state index in [0.717, 1.165) is 11.1 Å². The van der Waals surface area contributed by atoms with Crippen LogP contribution in [0.2, 0.25) is 0 Å². The van der Waals surface area contributed by atoms with Crippen LogP contribution in [-0.2, 0) is 16.9 Å². The van der Waals surface area contributed by atoms with E-state index >= 15 is 0 Å². The number of methoxy groups -OCH3 is 1. The van der Waals surface area contributed by atoms with E-state index in [1.165, 1.54) is 7.11 Å². The van der Waals surface area contributed by atoms with Crippen LogP contribution in [0, 0.1) is 6.92 Å². The summed E-state index contributed by atoms with van der Waals surface area (Å²) in [6, 6.07) is 21.7. The first-order valence-corrected chi connectivity index (χ1v) is 9.80. The number of aryl methyl sites for hydroxylation is 1. The number of hydrogen-bond acceptors (Lipinski definition) is 4. The second-order valence-corrected chi connectivity index (χ2v) is 7.50. The maximum Gasteiger partial charge on any atom is 0.264 e. The normalized spacial score (nSPS) is 17.7. The molecule has 0 saturated heterocycles. The number of benzene rings is 3. The first-order chi connectivity index (χ1) is 14.5. The molecule has 0 aliphatic carbocycles. The third-order valence-corrected chi connectivity index (χ3v) is 5.65. The van der Waals surface area contributed by atoms with E-state index in [1.54, 1.807) is 47.4 Å². The Morgan fingerprint density at radius 2 is 1.67 bits per heavy atom. The van der Waals surface area contributed by atoms with Crippen molar-refractivity contribution in [1.82, 2.24) is 0 Å². The van der Waals surface area contributed by atoms with Gasteiger partial charge in [0.05, 0.1) is 31.3 Å². The zero-order chi connectivity index (χ0) is 21.3. The number of nitrogens with zero attached hydrogens (tertiary/aromatic N) is 1. The van der Waals surface area contributed by atoms with Gasteiger partial charge in [-0.25, -0.2) is 0 Å². The smallest absolute Gasteiger partial charge is 0.264 e. The van der Waals surface area contributed by atoms with Crippen molar-refractivity contribution in [2.75, 3.05) is 12.0 Å². The molecule has 0 bridgehead atoms. The molecule has 5 heteroatoms. The van der Waals surface area contributed by atoms with Crippen molar-refractivity contribution in [2.45, 2.75) is 25.5 Å². The van der Waals surface area contributed by atoms with E-state index < -0.39 is 11.5 Å². The summed E-state index contributed by atoms with van der Waals surface area (Å²) in [5.74, 6) is -0.423. The molecule has 1 amide bonds. The Morgan fingerprint density at radius 1 is 1.00 bits per heavy atom. The lowest BCUT2D eigenvalue weighted by atomic mass is 9.88. The van der Waals surface area contributed by atoms with Crippen molar-refractivity contribution in [3.8, 4) is 5.75 Å². The molecule has 1 unspecified atom stereocenters. The molecule has 1 atom stereocenters. The van der Waals surface area contributed by atoms with Crippen LogP contribution in [0.5, 0.6) is 5.75 Å². The Labute approximate surface area is 175 Å². The first-order valence-electron chi connectivity index (χ1n) is 9.80. The number of rotatable bonds is 6. The van der Waals surface area contributed by atoms with E-state index in [2.05, 4.69) is 0 Å². The molecule has 1 aliphatic heterocycles. The molecule has 3 aromatic carbocycles. The van der Waals surface area contributed by atoms with Gasteiger partial charge in [-0.2, -0.15) is 0 Å². The van der Waals surface area contributed by atoms with Gasteiger partial charge in [-0.05, 0) is 36.2 Å². The van der Waals surface area contributed by atoms with Crippen LogP contribution in [0.25, 0.3) is 0 Å². The molecule has 5 nitrogen and oxygen atoms in total. The Kier molecular flexibility index (Phi) is 5.14. The fourth-order valence-corrected chi connectivity index (χ4v) is 3.99. The number of aliphatic hydroxyl groups is 1. The van der Waals surface area contributed by atoms with Gasteiger partial charge < -0.3 is 14.7 Å². The van der Waals surface area contributed by atoms with E-state index in [0.29, 0.717) is 29.1 Å². The summed E-state index contributed by atoms with van der Waals surface area (Å²) >= 11 is 0. The topological polar surface area (TPSA) is 66.8 Å². The average Bonchev–Trinajstić information content (AvgIpc) is 2.97. The van der Waals surface area contributed by atoms with E-state index in [1.807, 2.05) is 37.3 Å². The van der Waals surface area contributed by atoms with Gasteiger partial charge in [-0.3, -0.25) is 9.59 Å². The van der Waals surface area contributed by atoms with Gasteiger partial charge in [0, 0.05) is 5.56 Å². The molecule has 3 aromatic rings. The standard InChI is InChI=1S/C25H23NO4/c1-17-9-3-4-10-18(17)16-26-21-13-7-6-12-20(21)25(29,24(26)28)15-22(27)19-11-5-8-14-23(19)30-2/h3-14,29H,15-16H2,1-2H3. The molecule has 0 fully saturated rings. The van der Waals surface area contributed by atoms with Gasteiger partial charge in [0.25, 0.3) is 5.91 Å². The number of para-hydroxylation sites is 2. The lowest BCUT2D eigenvalue weighted by Gasteiger charge is -2.23. The summed E-state index contributed by atoms with van der Waals surface area (Å²) in [7, 11) is 1.49. The molecule has 1 N–H and O–H groups in total. The van der Waals surface area contributed by atoms with Gasteiger partial charge in [0.1, 0.15) is 5.75 Å². The summed E-state index contributed by atoms with van der Waals surface area (Å²) in [6.45, 7) is 2.31. The minimum absolute atomic E-state index is 0.327. The van der Waals surface area contributed by atoms with Crippen LogP contribution in [0.15, 0.2) is 72.8 Å². The number of ether oxygens (including phenoxy) is 1. The average molecular weight is 401 g/mol. The fraction of sp³-hybridized carbons (Fsp3) is 0.200. The Bertz CT molecular complexity index is 1120. The number of carbonyl (C=O) groups is 2. The monoisotopic (exact) mass is 401 g/mol. The number of fused-ring (bicyclic) bond motifs is 1. The van der Waals surface area contributed by atoms with Gasteiger partial charge >= 0.3 is 0 Å². The fourth-order valence-electron chi connectivity index (χ4n) is 3.99. The Morgan fingerprint density at radius 3 is 2.43 bits per heavy atom. The highest BCUT2D eigenvalue weighted by atomic mass is 16.5. The summed E-state index contributed by atoms with van der Waals surface area (Å²) < 4.78 is 5.28. The first kappa shape index (κ1) is 19.9. The zero-order valence-corrected chi connectivity index (χ0v) is 17.0. The number of ketones is 1. The van der Waals surface area contributed by atoms with Gasteiger partial charge in [-0.1, -0.05) is 54.6 Å². The predicted molar refractivity (Wildman–Crippen MR) is 115 cm³/mol. The summed E-state index contributed by atoms with van der Waals surface area (Å²) in [5, 5.41) is 11.5. The molecular weight excluding hydrogens is 378 g/mol. The van der Waals surface area contributed by atoms with Crippen molar-refractivity contribution in [3.05, 3.63) is 95.1 Å². The number of carbonyl (C=O) groups excluding carboxylic acids is 2. The van der Waals surface area contributed by atoms with E-state index in [9.17, 15) is 14.7 Å². The van der Waals surface area contributed by atoms with Gasteiger partial charge in [0.15, 0.2) is 11.4 Å². The van der Waals surface area contributed by atoms with Crippen LogP contribution < -0.4 is 9.64 Å². The third-order valence-electron chi connectivity index (χ3n) is 5.65. The minimum atomic E-state index is -1.92. The highest BCUT2D eigenvalue weighted by Crippen LogP contribution is 2.44. The molecule has 1 aliphatic rings. The number of anilines is 1. The maximum atomic E-state index is 13.4. The van der Waals surface area contributed by atoms with Crippen LogP contribution in [0.4, 0.5) is 5.69 Å². The summed E-state index contributed by atoms with van der Waals surface area (Å²) in [4.78, 5) is 28.0. The highest BCUT2D eigenvalue weighted by molar-refractivity contribution is 6.11. The predicted octanol–water partition coefficient (Wildman–Crippen LogP) is 4.01. The van der Waals surface area contributed by atoms with Crippen molar-refractivity contribution in [1.29, 1.82) is 0 Å². The molecule has 0 saturated carbocycles. The Balaban J connectivity index is 1.70. The highest BCUT2D eigenvalue weighted by Gasteiger charge is 2.51. The van der Waals surface area contributed by atoms with Crippen molar-refractivity contribution >= 4 is 17.4 Å². The molecule has 152 valence electrons. The largest absolute Gasteiger partial charge is 0.496 e. The van der Waals surface area contributed by atoms with E-state index in [-0.39, 0.29) is 12.2 Å². The third kappa shape index (κ3) is 3.27. The van der Waals surface area contributed by atoms with Gasteiger partial charge in [0.2, 0.25) is 0 Å². The molecule has 0 spiro atoms. The number of amides is 1. The van der Waals surface area contributed by atoms with Crippen LogP contribution >= 0.6 is 0 Å². The van der Waals surface area contributed by atoms with Crippen LogP contribution in [0.1, 0.15) is 33.5 Å². The molecular formula is C25H23NO4. The van der Waals surface area contributed by atoms with Crippen molar-refractivity contribution in [2.24, 2.45) is 0 Å². The number of hydrogen-bond donors (Lipinski definition) is 1. The Hall–Kier alpha value is -3.44. The maximum absolute atomic E-state index is 13.4. The second-order valence-electron chi connectivity index (χ2n) is 7.50. The number of Topliss-reactive ketones (excluding diaryl/α,β-unsaturated/α-hetero) is 1. The second kappa shape index (κ2) is 7.76. The van der Waals surface area contributed by atoms with E-state index in [4.69, 9.17) is 4.74 Å². The molecule has 0 radical (unpaired) electrons. The molecule has 1 heterocycles. The summed E-state index contributed by atoms with van der Waals surface area (Å²) in [5.41, 5.74) is 1.55. The summed E-state index contributed by atoms with van der Waals surface area (Å²) in [6.07, 6.45) is -0.354.